The number of likely N-dealkylation sites (N-methyl/N-ethyl adjacent to an activating group) is 3. The van der Waals surface area contributed by atoms with Crippen LogP contribution < -0.4 is 20.3 Å². The van der Waals surface area contributed by atoms with Gasteiger partial charge in [0.05, 0.1) is 39.9 Å². The van der Waals surface area contributed by atoms with Crippen molar-refractivity contribution in [2.45, 2.75) is 0 Å². The van der Waals surface area contributed by atoms with Gasteiger partial charge in [-0.05, 0) is 57.8 Å². The van der Waals surface area contributed by atoms with Crippen molar-refractivity contribution >= 4 is 61.5 Å². The van der Waals surface area contributed by atoms with Gasteiger partial charge in [0.2, 0.25) is 11.9 Å². The third-order valence-corrected chi connectivity index (χ3v) is 7.59. The average molecular weight is 601 g/mol. The van der Waals surface area contributed by atoms with Crippen LogP contribution in [-0.4, -0.2) is 103 Å². The van der Waals surface area contributed by atoms with Crippen LogP contribution in [0.4, 0.5) is 23.0 Å². The molecule has 0 bridgehead atoms. The van der Waals surface area contributed by atoms with Crippen LogP contribution in [0.5, 0.6) is 5.75 Å². The van der Waals surface area contributed by atoms with Gasteiger partial charge in [0.15, 0.2) is 5.82 Å². The average Bonchev–Trinajstić information content (AvgIpc) is 3.63. The fourth-order valence-corrected chi connectivity index (χ4v) is 5.27. The molecule has 2 N–H and O–H groups in total. The monoisotopic (exact) mass is 600 g/mol. The molecule has 43 heavy (non-hydrogen) atoms. The molecule has 0 atom stereocenters. The maximum Gasteiger partial charge on any atom is 0.248 e. The van der Waals surface area contributed by atoms with Gasteiger partial charge in [0.25, 0.3) is 0 Å². The number of fused-ring (bicyclic) bond motifs is 2. The van der Waals surface area contributed by atoms with Crippen molar-refractivity contribution in [1.29, 1.82) is 0 Å². The Morgan fingerprint density at radius 1 is 1.00 bits per heavy atom. The second kappa shape index (κ2) is 13.2. The molecule has 1 amide bonds. The number of thiophene rings is 1. The number of ether oxygens (including phenoxy) is 1. The molecule has 0 aliphatic heterocycles. The van der Waals surface area contributed by atoms with Crippen molar-refractivity contribution in [2.75, 3.05) is 77.5 Å². The number of carbonyl (C=O) groups excluding carboxylic acids is 1. The van der Waals surface area contributed by atoms with Gasteiger partial charge in [-0.25, -0.2) is 4.98 Å². The van der Waals surface area contributed by atoms with Crippen LogP contribution in [0.1, 0.15) is 0 Å². The van der Waals surface area contributed by atoms with Crippen molar-refractivity contribution in [3.8, 4) is 11.6 Å². The van der Waals surface area contributed by atoms with E-state index in [4.69, 9.17) is 14.7 Å². The fraction of sp³-hybridized carbons (Fsp3) is 0.300. The van der Waals surface area contributed by atoms with Gasteiger partial charge in [-0.2, -0.15) is 9.67 Å². The van der Waals surface area contributed by atoms with E-state index in [1.54, 1.807) is 29.2 Å². The molecular formula is C30H36N10O2S. The lowest BCUT2D eigenvalue weighted by molar-refractivity contribution is -0.111. The highest BCUT2D eigenvalue weighted by Gasteiger charge is 2.19. The highest BCUT2D eigenvalue weighted by molar-refractivity contribution is 7.17. The summed E-state index contributed by atoms with van der Waals surface area (Å²) >= 11 is 1.54. The number of methoxy groups -OCH3 is 1. The van der Waals surface area contributed by atoms with E-state index < -0.39 is 0 Å². The molecule has 3 aromatic heterocycles. The number of para-hydroxylation sites is 1. The summed E-state index contributed by atoms with van der Waals surface area (Å²) in [5.41, 5.74) is 4.44. The molecule has 5 rings (SSSR count). The van der Waals surface area contributed by atoms with Crippen LogP contribution in [0.15, 0.2) is 60.0 Å². The van der Waals surface area contributed by atoms with E-state index in [2.05, 4.69) is 30.7 Å². The molecule has 224 valence electrons. The maximum atomic E-state index is 12.9. The topological polar surface area (TPSA) is 117 Å². The first kappa shape index (κ1) is 29.9. The quantitative estimate of drug-likeness (QED) is 0.202. The largest absolute Gasteiger partial charge is 0.494 e. The van der Waals surface area contributed by atoms with Crippen molar-refractivity contribution in [2.24, 2.45) is 0 Å². The first-order valence-electron chi connectivity index (χ1n) is 13.8. The van der Waals surface area contributed by atoms with E-state index in [9.17, 15) is 4.79 Å². The molecule has 0 saturated carbocycles. The molecule has 0 unspecified atom stereocenters. The maximum absolute atomic E-state index is 12.9. The lowest BCUT2D eigenvalue weighted by Crippen LogP contribution is -2.29. The van der Waals surface area contributed by atoms with Crippen molar-refractivity contribution in [1.82, 2.24) is 34.8 Å². The van der Waals surface area contributed by atoms with Crippen molar-refractivity contribution in [3.63, 3.8) is 0 Å². The van der Waals surface area contributed by atoms with E-state index in [-0.39, 0.29) is 5.91 Å². The summed E-state index contributed by atoms with van der Waals surface area (Å²) in [6.45, 7) is 2.24. The van der Waals surface area contributed by atoms with Gasteiger partial charge in [-0.1, -0.05) is 23.4 Å². The number of carbonyl (C=O) groups is 1. The summed E-state index contributed by atoms with van der Waals surface area (Å²) in [6.07, 6.45) is 3.37. The second-order valence-corrected chi connectivity index (χ2v) is 11.5. The Labute approximate surface area is 254 Å². The van der Waals surface area contributed by atoms with Crippen LogP contribution in [-0.2, 0) is 4.79 Å². The SMILES string of the molecule is COc1cc(N(C)CCN(C)C)c(NC(=O)/C=C/CN(C)C)cc1Nc1nc(-n2nnc3ccccc32)c2sccc2n1. The van der Waals surface area contributed by atoms with Gasteiger partial charge < -0.3 is 30.1 Å². The summed E-state index contributed by atoms with van der Waals surface area (Å²) < 4.78 is 8.43. The van der Waals surface area contributed by atoms with Crippen LogP contribution in [0.25, 0.3) is 27.1 Å². The zero-order valence-electron chi connectivity index (χ0n) is 25.2. The smallest absolute Gasteiger partial charge is 0.248 e. The summed E-state index contributed by atoms with van der Waals surface area (Å²) in [4.78, 5) is 28.7. The van der Waals surface area contributed by atoms with Crippen LogP contribution in [0, 0.1) is 0 Å². The number of nitrogens with zero attached hydrogens (tertiary/aromatic N) is 8. The minimum atomic E-state index is -0.225. The molecule has 3 heterocycles. The van der Waals surface area contributed by atoms with Gasteiger partial charge in [0, 0.05) is 38.8 Å². The van der Waals surface area contributed by atoms with E-state index in [0.29, 0.717) is 35.4 Å². The molecule has 12 nitrogen and oxygen atoms in total. The minimum Gasteiger partial charge on any atom is -0.494 e. The minimum absolute atomic E-state index is 0.225. The van der Waals surface area contributed by atoms with Crippen molar-refractivity contribution < 1.29 is 9.53 Å². The number of rotatable bonds is 12. The Morgan fingerprint density at radius 3 is 2.58 bits per heavy atom. The molecule has 0 aliphatic carbocycles. The third kappa shape index (κ3) is 6.91. The summed E-state index contributed by atoms with van der Waals surface area (Å²) in [7, 11) is 11.6. The molecule has 0 radical (unpaired) electrons. The Hall–Kier alpha value is -4.59. The highest BCUT2D eigenvalue weighted by Crippen LogP contribution is 2.38. The van der Waals surface area contributed by atoms with E-state index in [1.807, 2.05) is 94.1 Å². The summed E-state index contributed by atoms with van der Waals surface area (Å²) in [6, 6.07) is 13.5. The molecule has 0 spiro atoms. The summed E-state index contributed by atoms with van der Waals surface area (Å²) in [5, 5.41) is 17.1. The molecule has 13 heteroatoms. The standard InChI is InChI=1S/C30H36N10O2S/c1-37(2)14-9-12-27(41)31-22-18-23(26(42-6)19-25(22)39(5)16-15-38(3)4)33-30-32-21-13-17-43-28(21)29(34-30)40-24-11-8-7-10-20(24)35-36-40/h7-13,17-19H,14-16H2,1-6H3,(H,31,41)(H,32,33,34)/b12-9+. The lowest BCUT2D eigenvalue weighted by atomic mass is 10.2. The lowest BCUT2D eigenvalue weighted by Gasteiger charge is -2.26. The molecule has 5 aromatic rings. The number of benzene rings is 2. The molecule has 0 fully saturated rings. The predicted octanol–water partition coefficient (Wildman–Crippen LogP) is 4.23. The van der Waals surface area contributed by atoms with Gasteiger partial charge >= 0.3 is 0 Å². The zero-order chi connectivity index (χ0) is 30.5. The number of amides is 1. The van der Waals surface area contributed by atoms with Crippen LogP contribution >= 0.6 is 11.3 Å². The first-order chi connectivity index (χ1) is 20.7. The molecule has 0 saturated heterocycles. The number of hydrogen-bond donors (Lipinski definition) is 2. The predicted molar refractivity (Wildman–Crippen MR) is 174 cm³/mol. The Balaban J connectivity index is 1.54. The first-order valence-corrected chi connectivity index (χ1v) is 14.6. The van der Waals surface area contributed by atoms with E-state index in [1.165, 1.54) is 0 Å². The highest BCUT2D eigenvalue weighted by atomic mass is 32.1. The number of aromatic nitrogens is 5. The fourth-order valence-electron chi connectivity index (χ4n) is 4.46. The van der Waals surface area contributed by atoms with Crippen LogP contribution in [0.2, 0.25) is 0 Å². The third-order valence-electron chi connectivity index (χ3n) is 6.69. The number of nitrogens with one attached hydrogen (secondary N) is 2. The van der Waals surface area contributed by atoms with Gasteiger partial charge in [0.1, 0.15) is 11.3 Å². The van der Waals surface area contributed by atoms with E-state index >= 15 is 0 Å². The normalized spacial score (nSPS) is 11.7. The zero-order valence-corrected chi connectivity index (χ0v) is 26.0. The Bertz CT molecular complexity index is 1760. The Morgan fingerprint density at radius 2 is 1.81 bits per heavy atom. The number of hydrogen-bond acceptors (Lipinski definition) is 11. The van der Waals surface area contributed by atoms with Crippen molar-refractivity contribution in [3.05, 3.63) is 60.0 Å². The molecule has 0 aliphatic rings. The van der Waals surface area contributed by atoms with Gasteiger partial charge in [-0.3, -0.25) is 4.79 Å². The number of anilines is 4. The molecular weight excluding hydrogens is 564 g/mol. The van der Waals surface area contributed by atoms with E-state index in [0.717, 1.165) is 40.0 Å². The Kier molecular flexibility index (Phi) is 9.14. The van der Waals surface area contributed by atoms with Crippen LogP contribution in [0.3, 0.4) is 0 Å². The molecule has 2 aromatic carbocycles. The summed E-state index contributed by atoms with van der Waals surface area (Å²) in [5.74, 6) is 1.33. The second-order valence-electron chi connectivity index (χ2n) is 10.6. The van der Waals surface area contributed by atoms with Gasteiger partial charge in [-0.15, -0.1) is 16.4 Å².